The van der Waals surface area contributed by atoms with Crippen molar-refractivity contribution < 1.29 is 0 Å². The predicted molar refractivity (Wildman–Crippen MR) is 648 cm³/mol. The minimum atomic E-state index is 1.23. The molecule has 0 heterocycles. The van der Waals surface area contributed by atoms with Crippen molar-refractivity contribution in [3.05, 3.63) is 595 Å². The average molecular weight is 1900 g/mol. The van der Waals surface area contributed by atoms with Gasteiger partial charge in [-0.05, 0) is 302 Å². The summed E-state index contributed by atoms with van der Waals surface area (Å²) in [5.74, 6) is 0. The van der Waals surface area contributed by atoms with E-state index in [1.807, 2.05) is 0 Å². The average Bonchev–Trinajstić information content (AvgIpc) is 0.726. The normalized spacial score (nSPS) is 11.5. The van der Waals surface area contributed by atoms with Crippen molar-refractivity contribution in [2.24, 2.45) is 0 Å². The molecule has 698 valence electrons. The summed E-state index contributed by atoms with van der Waals surface area (Å²) in [6.45, 7) is 0. The van der Waals surface area contributed by atoms with E-state index in [1.165, 1.54) is 284 Å². The van der Waals surface area contributed by atoms with Gasteiger partial charge in [-0.25, -0.2) is 0 Å². The third kappa shape index (κ3) is 16.0. The predicted octanol–water partition coefficient (Wildman–Crippen LogP) is 42.4. The van der Waals surface area contributed by atoms with Crippen molar-refractivity contribution in [2.45, 2.75) is 0 Å². The van der Waals surface area contributed by atoms with Gasteiger partial charge in [-0.3, -0.25) is 0 Å². The van der Waals surface area contributed by atoms with E-state index in [4.69, 9.17) is 0 Å². The Balaban J connectivity index is 0.0000000984. The lowest BCUT2D eigenvalue weighted by atomic mass is 9.83. The molecule has 0 nitrogen and oxygen atoms in total. The van der Waals surface area contributed by atoms with Crippen LogP contribution in [0.15, 0.2) is 595 Å². The smallest absolute Gasteiger partial charge is 0.00199 e. The van der Waals surface area contributed by atoms with Crippen LogP contribution in [0, 0.1) is 0 Å². The van der Waals surface area contributed by atoms with Crippen LogP contribution >= 0.6 is 0 Å². The van der Waals surface area contributed by atoms with Crippen molar-refractivity contribution in [3.63, 3.8) is 0 Å². The van der Waals surface area contributed by atoms with Crippen LogP contribution in [0.3, 0.4) is 0 Å². The summed E-state index contributed by atoms with van der Waals surface area (Å²) in [5.41, 5.74) is 28.0. The maximum absolute atomic E-state index is 2.39. The summed E-state index contributed by atoms with van der Waals surface area (Å²) in [5, 5.41) is 38.4. The first-order valence-corrected chi connectivity index (χ1v) is 52.0. The molecule has 0 bridgehead atoms. The fraction of sp³-hybridized carbons (Fsp3) is 0. The summed E-state index contributed by atoms with van der Waals surface area (Å²) in [4.78, 5) is 0. The van der Waals surface area contributed by atoms with Gasteiger partial charge in [-0.15, -0.1) is 0 Å². The summed E-state index contributed by atoms with van der Waals surface area (Å²) < 4.78 is 0. The minimum absolute atomic E-state index is 1.23. The van der Waals surface area contributed by atoms with E-state index in [0.29, 0.717) is 0 Å². The van der Waals surface area contributed by atoms with E-state index in [1.54, 1.807) is 0 Å². The highest BCUT2D eigenvalue weighted by Crippen LogP contribution is 2.54. The first kappa shape index (κ1) is 89.4. The molecule has 0 atom stereocenters. The summed E-state index contributed by atoms with van der Waals surface area (Å²) in [6.07, 6.45) is 0. The van der Waals surface area contributed by atoms with Gasteiger partial charge in [-0.2, -0.15) is 0 Å². The number of hydrogen-bond donors (Lipinski definition) is 0. The van der Waals surface area contributed by atoms with E-state index in [9.17, 15) is 0 Å². The van der Waals surface area contributed by atoms with Crippen molar-refractivity contribution in [2.75, 3.05) is 0 Å². The first-order valence-electron chi connectivity index (χ1n) is 52.0. The summed E-state index contributed by atoms with van der Waals surface area (Å²) in [6, 6.07) is 216. The molecule has 0 N–H and O–H groups in total. The zero-order chi connectivity index (χ0) is 99.3. The lowest BCUT2D eigenvalue weighted by Gasteiger charge is -2.20. The number of hydrogen-bond acceptors (Lipinski definition) is 0. The second kappa shape index (κ2) is 38.9. The Bertz CT molecular complexity index is 10300. The second-order valence-electron chi connectivity index (χ2n) is 39.2. The molecule has 0 unspecified atom stereocenters. The largest absolute Gasteiger partial charge is 0.0622 e. The van der Waals surface area contributed by atoms with Crippen LogP contribution in [-0.2, 0) is 0 Å². The Hall–Kier alpha value is -19.5. The molecule has 150 heavy (non-hydrogen) atoms. The Morgan fingerprint density at radius 3 is 0.660 bits per heavy atom. The third-order valence-corrected chi connectivity index (χ3v) is 30.8. The molecule has 0 aromatic heterocycles. The molecule has 0 amide bonds. The highest BCUT2D eigenvalue weighted by molar-refractivity contribution is 6.31. The fourth-order valence-corrected chi connectivity index (χ4v) is 24.2. The Kier molecular flexibility index (Phi) is 23.2. The minimum Gasteiger partial charge on any atom is -0.0622 e. The fourth-order valence-electron chi connectivity index (χ4n) is 24.2. The van der Waals surface area contributed by atoms with Gasteiger partial charge in [0.15, 0.2) is 0 Å². The van der Waals surface area contributed by atoms with E-state index < -0.39 is 0 Å². The number of fused-ring (bicyclic) bond motifs is 16. The van der Waals surface area contributed by atoms with Crippen LogP contribution in [0.25, 0.3) is 284 Å². The Morgan fingerprint density at radius 2 is 0.280 bits per heavy atom. The molecule has 0 heteroatoms. The molecule has 0 radical (unpaired) electrons. The second-order valence-corrected chi connectivity index (χ2v) is 39.2. The van der Waals surface area contributed by atoms with E-state index >= 15 is 0 Å². The van der Waals surface area contributed by atoms with Gasteiger partial charge in [0.25, 0.3) is 0 Å². The number of rotatable bonds is 11. The van der Waals surface area contributed by atoms with E-state index in [0.717, 1.165) is 0 Å². The number of benzene rings is 30. The lowest BCUT2D eigenvalue weighted by molar-refractivity contribution is 1.61. The van der Waals surface area contributed by atoms with Gasteiger partial charge in [-0.1, -0.05) is 576 Å². The van der Waals surface area contributed by atoms with Crippen molar-refractivity contribution in [1.29, 1.82) is 0 Å². The molecule has 0 aliphatic rings. The zero-order valence-corrected chi connectivity index (χ0v) is 82.6. The monoisotopic (exact) mass is 1900 g/mol. The lowest BCUT2D eigenvalue weighted by Crippen LogP contribution is -1.93. The standard InChI is InChI=1S/C40H26.C38H24.2C36H24/c1-2-13-29-25-31(24-23-27(29)11-1)30-15-9-16-32(26-30)39-35-18-5-7-20-37(35)40(38-21-8-6-19-36(38)39)34-22-10-14-28-12-3-4-17-33(28)34;1-3-15-27-25(12-1)14-11-23-31(27)37-32-19-7-9-21-34(32)38(35-22-10-8-20-33(35)37)36-24-26-13-2-4-16-28(26)29-17-5-6-18-30(29)36;1-2-11-25(12-3-1)26-21-23-28(24-22-26)35-31-16-6-8-18-33(31)36(34-19-9-7-17-32(34)35)30-20-10-14-27-13-4-5-15-29(27)30;1-2-13-25(14-3-1)27-18-6-7-19-29(27)35-31-20-8-10-22-33(31)36(34-23-11-9-21-32(34)35)30-24-12-16-26-15-4-5-17-28(26)30/h1-26H;1-24H;2*1-24H. The van der Waals surface area contributed by atoms with Gasteiger partial charge in [0.2, 0.25) is 0 Å². The van der Waals surface area contributed by atoms with Gasteiger partial charge < -0.3 is 0 Å². The maximum atomic E-state index is 2.39. The maximum Gasteiger partial charge on any atom is -0.00199 e. The molecule has 0 saturated heterocycles. The van der Waals surface area contributed by atoms with Crippen LogP contribution < -0.4 is 0 Å². The molecule has 30 aromatic carbocycles. The van der Waals surface area contributed by atoms with Crippen LogP contribution in [0.5, 0.6) is 0 Å². The zero-order valence-electron chi connectivity index (χ0n) is 82.6. The van der Waals surface area contributed by atoms with Crippen LogP contribution in [0.2, 0.25) is 0 Å². The SMILES string of the molecule is c1cc(-c2ccc3ccccc3c2)cc(-c2c3ccccc3c(-c3cccc4ccccc34)c3ccccc23)c1.c1ccc(-c2ccc(-c3c4ccccc4c(-c4cccc5ccccc45)c4ccccc34)cc2)cc1.c1ccc(-c2ccccc2-c2c3ccccc3c(-c3cccc4ccccc34)c3ccccc23)cc1.c1ccc2c(-c3c4ccccc4c(-c4cc5ccccc5c5ccccc45)c4ccccc34)cccc2c1. The summed E-state index contributed by atoms with van der Waals surface area (Å²) in [7, 11) is 0. The molecule has 0 saturated carbocycles. The van der Waals surface area contributed by atoms with Crippen molar-refractivity contribution >= 4 is 162 Å². The van der Waals surface area contributed by atoms with Crippen LogP contribution in [0.1, 0.15) is 0 Å². The van der Waals surface area contributed by atoms with Crippen LogP contribution in [-0.4, -0.2) is 0 Å². The molecule has 0 fully saturated rings. The highest BCUT2D eigenvalue weighted by atomic mass is 14.3. The van der Waals surface area contributed by atoms with Gasteiger partial charge in [0.1, 0.15) is 0 Å². The van der Waals surface area contributed by atoms with Crippen molar-refractivity contribution in [1.82, 2.24) is 0 Å². The quantitative estimate of drug-likeness (QED) is 0.0894. The third-order valence-electron chi connectivity index (χ3n) is 30.8. The molecule has 0 spiro atoms. The molecule has 30 rings (SSSR count). The topological polar surface area (TPSA) is 0 Å². The first-order chi connectivity index (χ1) is 74.5. The molecule has 30 aromatic rings. The van der Waals surface area contributed by atoms with E-state index in [-0.39, 0.29) is 0 Å². The highest BCUT2D eigenvalue weighted by Gasteiger charge is 2.26. The van der Waals surface area contributed by atoms with Gasteiger partial charge in [0.05, 0.1) is 0 Å². The molecular weight excluding hydrogens is 1800 g/mol. The van der Waals surface area contributed by atoms with Crippen molar-refractivity contribution in [3.8, 4) is 122 Å². The van der Waals surface area contributed by atoms with E-state index in [2.05, 4.69) is 595 Å². The van der Waals surface area contributed by atoms with Crippen LogP contribution in [0.4, 0.5) is 0 Å². The molecule has 0 aliphatic heterocycles. The molecule has 0 aliphatic carbocycles. The Morgan fingerprint density at radius 1 is 0.0667 bits per heavy atom. The summed E-state index contributed by atoms with van der Waals surface area (Å²) >= 11 is 0. The molecular formula is C150H98. The van der Waals surface area contributed by atoms with Gasteiger partial charge >= 0.3 is 0 Å². The van der Waals surface area contributed by atoms with Gasteiger partial charge in [0, 0.05) is 0 Å². The Labute approximate surface area is 871 Å².